The second-order valence-electron chi connectivity index (χ2n) is 8.11. The van der Waals surface area contributed by atoms with Crippen molar-refractivity contribution in [2.24, 2.45) is 5.92 Å². The van der Waals surface area contributed by atoms with Crippen molar-refractivity contribution in [1.29, 1.82) is 0 Å². The summed E-state index contributed by atoms with van der Waals surface area (Å²) in [6.45, 7) is 4.79. The second kappa shape index (κ2) is 9.84. The van der Waals surface area contributed by atoms with Gasteiger partial charge in [0.1, 0.15) is 0 Å². The molecule has 0 spiro atoms. The number of pyridine rings is 1. The fourth-order valence-corrected chi connectivity index (χ4v) is 3.61. The van der Waals surface area contributed by atoms with Gasteiger partial charge in [-0.15, -0.1) is 0 Å². The molecule has 0 saturated heterocycles. The van der Waals surface area contributed by atoms with Crippen LogP contribution in [0, 0.1) is 19.8 Å². The van der Waals surface area contributed by atoms with Gasteiger partial charge in [-0.2, -0.15) is 5.48 Å². The molecule has 1 aromatic heterocycles. The number of nitrogens with zero attached hydrogens (tertiary/aromatic N) is 1. The van der Waals surface area contributed by atoms with Crippen LogP contribution in [0.5, 0.6) is 11.5 Å². The summed E-state index contributed by atoms with van der Waals surface area (Å²) in [5.41, 5.74) is 5.28. The average molecular weight is 451 g/mol. The lowest BCUT2D eigenvalue weighted by molar-refractivity contribution is 0.0401. The first-order valence-electron chi connectivity index (χ1n) is 10.2. The van der Waals surface area contributed by atoms with E-state index < -0.39 is 21.8 Å². The zero-order chi connectivity index (χ0) is 22.6. The van der Waals surface area contributed by atoms with Crippen molar-refractivity contribution in [3.05, 3.63) is 57.5 Å². The number of methoxy groups -OCH3 is 1. The van der Waals surface area contributed by atoms with E-state index in [2.05, 4.69) is 5.48 Å². The minimum atomic E-state index is -3.30. The Bertz CT molecular complexity index is 1050. The summed E-state index contributed by atoms with van der Waals surface area (Å²) < 4.78 is 36.4. The molecule has 1 aliphatic rings. The SMILES string of the molecule is COc1ccc(C(Cn2c(C)cc(=O)cc2C)NOCS(C)(=O)=O)cc1OCC1CC1. The van der Waals surface area contributed by atoms with Crippen LogP contribution < -0.4 is 20.4 Å². The smallest absolute Gasteiger partial charge is 0.182 e. The summed E-state index contributed by atoms with van der Waals surface area (Å²) in [5.74, 6) is 1.41. The van der Waals surface area contributed by atoms with E-state index >= 15 is 0 Å². The highest BCUT2D eigenvalue weighted by atomic mass is 32.2. The molecular weight excluding hydrogens is 420 g/mol. The highest BCUT2D eigenvalue weighted by Crippen LogP contribution is 2.34. The Balaban J connectivity index is 1.89. The molecule has 0 aliphatic heterocycles. The molecule has 1 aliphatic carbocycles. The molecule has 1 saturated carbocycles. The van der Waals surface area contributed by atoms with Crippen LogP contribution in [-0.4, -0.2) is 38.9 Å². The lowest BCUT2D eigenvalue weighted by atomic mass is 10.1. The molecule has 1 N–H and O–H groups in total. The Morgan fingerprint density at radius 3 is 2.39 bits per heavy atom. The van der Waals surface area contributed by atoms with Crippen molar-refractivity contribution in [1.82, 2.24) is 10.0 Å². The summed E-state index contributed by atoms with van der Waals surface area (Å²) in [5, 5.41) is 0. The molecule has 3 rings (SSSR count). The maximum atomic E-state index is 11.8. The van der Waals surface area contributed by atoms with Gasteiger partial charge < -0.3 is 14.0 Å². The number of sulfone groups is 1. The van der Waals surface area contributed by atoms with Gasteiger partial charge in [0.2, 0.25) is 0 Å². The van der Waals surface area contributed by atoms with Gasteiger partial charge in [0, 0.05) is 36.3 Å². The fourth-order valence-electron chi connectivity index (χ4n) is 3.33. The summed E-state index contributed by atoms with van der Waals surface area (Å²) in [6, 6.07) is 8.34. The lowest BCUT2D eigenvalue weighted by Gasteiger charge is -2.24. The van der Waals surface area contributed by atoms with Crippen LogP contribution in [0.1, 0.15) is 35.8 Å². The molecule has 1 fully saturated rings. The van der Waals surface area contributed by atoms with Crippen LogP contribution >= 0.6 is 0 Å². The molecule has 170 valence electrons. The topological polar surface area (TPSA) is 95.9 Å². The van der Waals surface area contributed by atoms with Crippen molar-refractivity contribution in [3.63, 3.8) is 0 Å². The molecule has 0 amide bonds. The largest absolute Gasteiger partial charge is 0.493 e. The van der Waals surface area contributed by atoms with Gasteiger partial charge in [-0.25, -0.2) is 8.42 Å². The third-order valence-corrected chi connectivity index (χ3v) is 5.73. The van der Waals surface area contributed by atoms with Gasteiger partial charge in [0.05, 0.1) is 19.8 Å². The average Bonchev–Trinajstić information content (AvgIpc) is 3.51. The number of hydrogen-bond donors (Lipinski definition) is 1. The second-order valence-corrected chi connectivity index (χ2v) is 10.2. The molecular formula is C22H30N2O6S. The lowest BCUT2D eigenvalue weighted by Crippen LogP contribution is -2.29. The first-order valence-corrected chi connectivity index (χ1v) is 12.3. The van der Waals surface area contributed by atoms with E-state index in [-0.39, 0.29) is 5.43 Å². The molecule has 8 nitrogen and oxygen atoms in total. The minimum absolute atomic E-state index is 0.0516. The Labute approximate surface area is 183 Å². The first kappa shape index (κ1) is 23.3. The number of aromatic nitrogens is 1. The Kier molecular flexibility index (Phi) is 7.40. The van der Waals surface area contributed by atoms with Crippen LogP contribution in [0.25, 0.3) is 0 Å². The molecule has 1 heterocycles. The molecule has 1 atom stereocenters. The third-order valence-electron chi connectivity index (χ3n) is 5.18. The molecule has 9 heteroatoms. The van der Waals surface area contributed by atoms with E-state index in [1.807, 2.05) is 36.6 Å². The normalized spacial score (nSPS) is 15.0. The number of rotatable bonds is 11. The van der Waals surface area contributed by atoms with Crippen LogP contribution in [0.3, 0.4) is 0 Å². The predicted molar refractivity (Wildman–Crippen MR) is 118 cm³/mol. The Morgan fingerprint density at radius 1 is 1.13 bits per heavy atom. The maximum Gasteiger partial charge on any atom is 0.182 e. The van der Waals surface area contributed by atoms with Gasteiger partial charge in [-0.05, 0) is 50.3 Å². The van der Waals surface area contributed by atoms with Crippen LogP contribution in [-0.2, 0) is 21.2 Å². The Morgan fingerprint density at radius 2 is 1.81 bits per heavy atom. The monoisotopic (exact) mass is 450 g/mol. The number of benzene rings is 1. The molecule has 0 radical (unpaired) electrons. The van der Waals surface area contributed by atoms with Gasteiger partial charge in [-0.1, -0.05) is 6.07 Å². The highest BCUT2D eigenvalue weighted by Gasteiger charge is 2.23. The highest BCUT2D eigenvalue weighted by molar-refractivity contribution is 7.90. The van der Waals surface area contributed by atoms with Crippen molar-refractivity contribution < 1.29 is 22.7 Å². The van der Waals surface area contributed by atoms with Crippen molar-refractivity contribution in [2.45, 2.75) is 39.3 Å². The van der Waals surface area contributed by atoms with E-state index in [0.717, 1.165) is 23.2 Å². The molecule has 1 unspecified atom stereocenters. The van der Waals surface area contributed by atoms with Crippen molar-refractivity contribution >= 4 is 9.84 Å². The predicted octanol–water partition coefficient (Wildman–Crippen LogP) is 2.53. The van der Waals surface area contributed by atoms with E-state index in [1.165, 1.54) is 12.8 Å². The van der Waals surface area contributed by atoms with Crippen molar-refractivity contribution in [3.8, 4) is 11.5 Å². The van der Waals surface area contributed by atoms with Crippen molar-refractivity contribution in [2.75, 3.05) is 25.9 Å². The summed E-state index contributed by atoms with van der Waals surface area (Å²) in [4.78, 5) is 17.1. The minimum Gasteiger partial charge on any atom is -0.493 e. The fraction of sp³-hybridized carbons (Fsp3) is 0.500. The zero-order valence-corrected chi connectivity index (χ0v) is 19.2. The van der Waals surface area contributed by atoms with Crippen LogP contribution in [0.2, 0.25) is 0 Å². The quantitative estimate of drug-likeness (QED) is 0.526. The summed E-state index contributed by atoms with van der Waals surface area (Å²) in [6.07, 6.45) is 3.46. The van der Waals surface area contributed by atoms with Gasteiger partial charge in [-0.3, -0.25) is 9.63 Å². The maximum absolute atomic E-state index is 11.8. The van der Waals surface area contributed by atoms with E-state index in [0.29, 0.717) is 30.6 Å². The van der Waals surface area contributed by atoms with Gasteiger partial charge in [0.15, 0.2) is 32.7 Å². The van der Waals surface area contributed by atoms with E-state index in [4.69, 9.17) is 14.3 Å². The number of nitrogens with one attached hydrogen (secondary N) is 1. The Hall–Kier alpha value is -2.36. The standard InChI is InChI=1S/C22H30N2O6S/c1-15-9-19(25)10-16(2)24(15)12-20(23-30-14-31(4,26)27)18-7-8-21(28-3)22(11-18)29-13-17-5-6-17/h7-11,17,20,23H,5-6,12-14H2,1-4H3. The number of aryl methyl sites for hydroxylation is 2. The summed E-state index contributed by atoms with van der Waals surface area (Å²) >= 11 is 0. The molecule has 0 bridgehead atoms. The molecule has 1 aromatic carbocycles. The van der Waals surface area contributed by atoms with Gasteiger partial charge >= 0.3 is 0 Å². The molecule has 2 aromatic rings. The van der Waals surface area contributed by atoms with Gasteiger partial charge in [0.25, 0.3) is 0 Å². The van der Waals surface area contributed by atoms with Crippen LogP contribution in [0.4, 0.5) is 0 Å². The van der Waals surface area contributed by atoms with E-state index in [9.17, 15) is 13.2 Å². The number of ether oxygens (including phenoxy) is 2. The molecule has 31 heavy (non-hydrogen) atoms. The zero-order valence-electron chi connectivity index (χ0n) is 18.4. The van der Waals surface area contributed by atoms with E-state index in [1.54, 1.807) is 19.2 Å². The summed E-state index contributed by atoms with van der Waals surface area (Å²) in [7, 11) is -1.71. The third kappa shape index (κ3) is 6.81. The number of hydrogen-bond acceptors (Lipinski definition) is 7. The first-order chi connectivity index (χ1) is 14.7. The number of hydroxylamine groups is 1. The van der Waals surface area contributed by atoms with Crippen LogP contribution in [0.15, 0.2) is 35.1 Å².